The van der Waals surface area contributed by atoms with E-state index in [1.165, 1.54) is 11.1 Å². The fourth-order valence-corrected chi connectivity index (χ4v) is 4.11. The Morgan fingerprint density at radius 3 is 2.63 bits per heavy atom. The third-order valence-electron chi connectivity index (χ3n) is 4.67. The first-order chi connectivity index (χ1) is 13.0. The van der Waals surface area contributed by atoms with E-state index in [-0.39, 0.29) is 0 Å². The average Bonchev–Trinajstić information content (AvgIpc) is 3.05. The lowest BCUT2D eigenvalue weighted by molar-refractivity contribution is 0.793. The Kier molecular flexibility index (Phi) is 4.85. The second kappa shape index (κ2) is 7.29. The lowest BCUT2D eigenvalue weighted by Crippen LogP contribution is -1.96. The molecule has 136 valence electrons. The van der Waals surface area contributed by atoms with Gasteiger partial charge in [0.05, 0.1) is 5.52 Å². The molecule has 0 saturated heterocycles. The van der Waals surface area contributed by atoms with E-state index >= 15 is 0 Å². The smallest absolute Gasteiger partial charge is 0.191 e. The topological polar surface area (TPSA) is 56.5 Å². The first-order valence-corrected chi connectivity index (χ1v) is 9.89. The molecule has 5 nitrogen and oxygen atoms in total. The Morgan fingerprint density at radius 1 is 1.07 bits per heavy atom. The zero-order valence-corrected chi connectivity index (χ0v) is 16.8. The van der Waals surface area contributed by atoms with Crippen LogP contribution in [0.2, 0.25) is 5.15 Å². The van der Waals surface area contributed by atoms with Gasteiger partial charge in [0, 0.05) is 41.7 Å². The van der Waals surface area contributed by atoms with Crippen molar-refractivity contribution in [3.63, 3.8) is 0 Å². The highest BCUT2D eigenvalue weighted by molar-refractivity contribution is 7.98. The monoisotopic (exact) mass is 395 g/mol. The van der Waals surface area contributed by atoms with Crippen molar-refractivity contribution in [3.05, 3.63) is 64.6 Å². The van der Waals surface area contributed by atoms with Gasteiger partial charge in [0.15, 0.2) is 11.0 Å². The van der Waals surface area contributed by atoms with Gasteiger partial charge in [-0.15, -0.1) is 10.2 Å². The molecule has 0 aliphatic heterocycles. The standard InChI is InChI=1S/C20H18ClN5S/c1-12-4-5-15-10-16(18(21)23-17(15)13(12)2)11-27-20-25-24-19(26(20)3)14-6-8-22-9-7-14/h4-10H,11H2,1-3H3. The number of nitrogens with zero attached hydrogens (tertiary/aromatic N) is 5. The molecule has 3 heterocycles. The van der Waals surface area contributed by atoms with Crippen LogP contribution in [0.4, 0.5) is 0 Å². The minimum atomic E-state index is 0.542. The molecule has 0 fully saturated rings. The highest BCUT2D eigenvalue weighted by Gasteiger charge is 2.13. The summed E-state index contributed by atoms with van der Waals surface area (Å²) in [6.07, 6.45) is 3.50. The van der Waals surface area contributed by atoms with Crippen LogP contribution in [0, 0.1) is 13.8 Å². The van der Waals surface area contributed by atoms with Crippen LogP contribution in [0.5, 0.6) is 0 Å². The molecule has 0 unspecified atom stereocenters. The van der Waals surface area contributed by atoms with E-state index in [2.05, 4.69) is 52.2 Å². The van der Waals surface area contributed by atoms with E-state index in [1.807, 2.05) is 23.7 Å². The van der Waals surface area contributed by atoms with Crippen molar-refractivity contribution >= 4 is 34.3 Å². The van der Waals surface area contributed by atoms with Crippen molar-refractivity contribution < 1.29 is 0 Å². The first kappa shape index (κ1) is 17.9. The van der Waals surface area contributed by atoms with Gasteiger partial charge >= 0.3 is 0 Å². The molecule has 0 spiro atoms. The van der Waals surface area contributed by atoms with E-state index in [0.717, 1.165) is 33.0 Å². The molecule has 0 N–H and O–H groups in total. The van der Waals surface area contributed by atoms with Gasteiger partial charge in [-0.1, -0.05) is 35.5 Å². The van der Waals surface area contributed by atoms with Gasteiger partial charge in [0.2, 0.25) is 0 Å². The summed E-state index contributed by atoms with van der Waals surface area (Å²) in [6, 6.07) is 10.2. The molecule has 0 aliphatic carbocycles. The van der Waals surface area contributed by atoms with Gasteiger partial charge in [-0.05, 0) is 43.2 Å². The van der Waals surface area contributed by atoms with Gasteiger partial charge in [-0.3, -0.25) is 4.98 Å². The zero-order chi connectivity index (χ0) is 19.0. The van der Waals surface area contributed by atoms with Crippen LogP contribution in [-0.2, 0) is 12.8 Å². The van der Waals surface area contributed by atoms with Gasteiger partial charge < -0.3 is 4.57 Å². The highest BCUT2D eigenvalue weighted by Crippen LogP contribution is 2.30. The van der Waals surface area contributed by atoms with Crippen molar-refractivity contribution in [2.45, 2.75) is 24.8 Å². The maximum Gasteiger partial charge on any atom is 0.191 e. The van der Waals surface area contributed by atoms with E-state index in [9.17, 15) is 0 Å². The number of pyridine rings is 2. The van der Waals surface area contributed by atoms with Crippen LogP contribution < -0.4 is 0 Å². The summed E-state index contributed by atoms with van der Waals surface area (Å²) >= 11 is 8.06. The van der Waals surface area contributed by atoms with Gasteiger partial charge in [0.25, 0.3) is 0 Å². The summed E-state index contributed by atoms with van der Waals surface area (Å²) in [5.74, 6) is 1.49. The second-order valence-electron chi connectivity index (χ2n) is 6.41. The lowest BCUT2D eigenvalue weighted by atomic mass is 10.0. The number of fused-ring (bicyclic) bond motifs is 1. The molecule has 0 atom stereocenters. The summed E-state index contributed by atoms with van der Waals surface area (Å²) in [6.45, 7) is 4.16. The predicted octanol–water partition coefficient (Wildman–Crippen LogP) is 4.99. The number of halogens is 1. The largest absolute Gasteiger partial charge is 0.305 e. The summed E-state index contributed by atoms with van der Waals surface area (Å²) in [5.41, 5.74) is 5.33. The van der Waals surface area contributed by atoms with Gasteiger partial charge in [0.1, 0.15) is 5.15 Å². The number of hydrogen-bond acceptors (Lipinski definition) is 5. The molecule has 3 aromatic heterocycles. The lowest BCUT2D eigenvalue weighted by Gasteiger charge is -2.09. The summed E-state index contributed by atoms with van der Waals surface area (Å²) < 4.78 is 1.98. The van der Waals surface area contributed by atoms with Crippen molar-refractivity contribution in [3.8, 4) is 11.4 Å². The summed E-state index contributed by atoms with van der Waals surface area (Å²) in [4.78, 5) is 8.67. The Morgan fingerprint density at radius 2 is 1.85 bits per heavy atom. The summed E-state index contributed by atoms with van der Waals surface area (Å²) in [5, 5.41) is 11.1. The zero-order valence-electron chi connectivity index (χ0n) is 15.3. The van der Waals surface area contributed by atoms with Crippen LogP contribution in [0.25, 0.3) is 22.3 Å². The molecule has 0 bridgehead atoms. The number of benzene rings is 1. The van der Waals surface area contributed by atoms with Crippen molar-refractivity contribution in [2.24, 2.45) is 7.05 Å². The normalized spacial score (nSPS) is 11.3. The molecule has 1 aromatic carbocycles. The molecule has 0 radical (unpaired) electrons. The van der Waals surface area contributed by atoms with Crippen molar-refractivity contribution in [1.29, 1.82) is 0 Å². The third kappa shape index (κ3) is 3.42. The van der Waals surface area contributed by atoms with E-state index in [4.69, 9.17) is 11.6 Å². The second-order valence-corrected chi connectivity index (χ2v) is 7.71. The van der Waals surface area contributed by atoms with Crippen molar-refractivity contribution in [1.82, 2.24) is 24.7 Å². The van der Waals surface area contributed by atoms with Crippen LogP contribution in [0.1, 0.15) is 16.7 Å². The van der Waals surface area contributed by atoms with Crippen LogP contribution >= 0.6 is 23.4 Å². The Bertz CT molecular complexity index is 1120. The molecule has 4 rings (SSSR count). The van der Waals surface area contributed by atoms with Crippen LogP contribution in [0.3, 0.4) is 0 Å². The fourth-order valence-electron chi connectivity index (χ4n) is 2.94. The van der Waals surface area contributed by atoms with Crippen LogP contribution in [-0.4, -0.2) is 24.7 Å². The summed E-state index contributed by atoms with van der Waals surface area (Å²) in [7, 11) is 1.96. The molecule has 7 heteroatoms. The third-order valence-corrected chi connectivity index (χ3v) is 6.06. The molecule has 4 aromatic rings. The number of aromatic nitrogens is 5. The van der Waals surface area contributed by atoms with E-state index in [1.54, 1.807) is 24.2 Å². The van der Waals surface area contributed by atoms with Gasteiger partial charge in [-0.25, -0.2) is 4.98 Å². The number of aryl methyl sites for hydroxylation is 2. The first-order valence-electron chi connectivity index (χ1n) is 8.52. The van der Waals surface area contributed by atoms with E-state index in [0.29, 0.717) is 10.9 Å². The number of hydrogen-bond donors (Lipinski definition) is 0. The maximum absolute atomic E-state index is 6.46. The highest BCUT2D eigenvalue weighted by atomic mass is 35.5. The maximum atomic E-state index is 6.46. The number of rotatable bonds is 4. The quantitative estimate of drug-likeness (QED) is 0.360. The molecular weight excluding hydrogens is 378 g/mol. The Labute approximate surface area is 166 Å². The molecule has 0 saturated carbocycles. The Balaban J connectivity index is 1.60. The molecule has 0 aliphatic rings. The van der Waals surface area contributed by atoms with Crippen LogP contribution in [0.15, 0.2) is 47.9 Å². The fraction of sp³-hybridized carbons (Fsp3) is 0.200. The molecule has 27 heavy (non-hydrogen) atoms. The molecule has 0 amide bonds. The average molecular weight is 396 g/mol. The number of thioether (sulfide) groups is 1. The minimum absolute atomic E-state index is 0.542. The predicted molar refractivity (Wildman–Crippen MR) is 110 cm³/mol. The van der Waals surface area contributed by atoms with E-state index < -0.39 is 0 Å². The SMILES string of the molecule is Cc1ccc2cc(CSc3nnc(-c4ccncc4)n3C)c(Cl)nc2c1C. The minimum Gasteiger partial charge on any atom is -0.305 e. The van der Waals surface area contributed by atoms with Gasteiger partial charge in [-0.2, -0.15) is 0 Å². The Hall–Kier alpha value is -2.44. The molecular formula is C20H18ClN5S. The van der Waals surface area contributed by atoms with Crippen molar-refractivity contribution in [2.75, 3.05) is 0 Å².